The number of benzene rings is 2. The minimum atomic E-state index is 0.549. The normalized spacial score (nSPS) is 12.2. The fourth-order valence-electron chi connectivity index (χ4n) is 2.77. The summed E-state index contributed by atoms with van der Waals surface area (Å²) in [6.07, 6.45) is 8.06. The van der Waals surface area contributed by atoms with E-state index < -0.39 is 0 Å². The number of nitrogens with two attached hydrogens (primary N) is 1. The number of nitrogens with zero attached hydrogens (tertiary/aromatic N) is 2. The van der Waals surface area contributed by atoms with Crippen LogP contribution in [0.1, 0.15) is 23.1 Å². The van der Waals surface area contributed by atoms with Gasteiger partial charge in [-0.1, -0.05) is 42.0 Å². The number of nitrogen functional groups attached to an aromatic ring is 1. The van der Waals surface area contributed by atoms with Crippen molar-refractivity contribution in [1.29, 1.82) is 0 Å². The highest BCUT2D eigenvalue weighted by Crippen LogP contribution is 2.24. The highest BCUT2D eigenvalue weighted by Gasteiger charge is 2.11. The summed E-state index contributed by atoms with van der Waals surface area (Å²) < 4.78 is 2.18. The summed E-state index contributed by atoms with van der Waals surface area (Å²) in [5.74, 6) is 1.01. The highest BCUT2D eigenvalue weighted by atomic mass is 32.2. The van der Waals surface area contributed by atoms with Crippen molar-refractivity contribution in [1.82, 2.24) is 9.55 Å². The molecule has 0 spiro atoms. The second kappa shape index (κ2) is 8.77. The number of hydrogen-bond donors (Lipinski definition) is 1. The van der Waals surface area contributed by atoms with E-state index in [0.717, 1.165) is 30.8 Å². The number of hydrogen-bond acceptors (Lipinski definition) is 3. The first-order valence-corrected chi connectivity index (χ1v) is 9.71. The molecule has 1 heterocycles. The van der Waals surface area contributed by atoms with Crippen LogP contribution in [0.4, 0.5) is 5.69 Å². The maximum Gasteiger partial charge on any atom is 0.0946 e. The highest BCUT2D eigenvalue weighted by molar-refractivity contribution is 7.99. The quantitative estimate of drug-likeness (QED) is 0.598. The summed E-state index contributed by atoms with van der Waals surface area (Å²) in [5.41, 5.74) is 10.7. The summed E-state index contributed by atoms with van der Waals surface area (Å²) in [6, 6.07) is 17.1. The molecule has 2 N–H and O–H groups in total. The maximum atomic E-state index is 5.78. The minimum Gasteiger partial charge on any atom is -0.399 e. The molecular weight excluding hydrogens is 326 g/mol. The van der Waals surface area contributed by atoms with Crippen LogP contribution < -0.4 is 5.73 Å². The van der Waals surface area contributed by atoms with Crippen molar-refractivity contribution in [2.75, 3.05) is 5.73 Å². The standard InChI is InChI=1S/C21H25N3S/c1-17-2-4-18(5-3-17)8-11-21(14-24-13-12-23-16-24)25-15-19-6-9-20(22)10-7-19/h2-7,9-10,12-13,16,21H,8,11,14-15,22H2,1H3. The van der Waals surface area contributed by atoms with Crippen molar-refractivity contribution < 1.29 is 0 Å². The lowest BCUT2D eigenvalue weighted by Gasteiger charge is -2.17. The summed E-state index contributed by atoms with van der Waals surface area (Å²) in [7, 11) is 0. The predicted molar refractivity (Wildman–Crippen MR) is 108 cm³/mol. The zero-order valence-corrected chi connectivity index (χ0v) is 15.5. The van der Waals surface area contributed by atoms with E-state index in [2.05, 4.69) is 52.9 Å². The van der Waals surface area contributed by atoms with Gasteiger partial charge in [-0.3, -0.25) is 0 Å². The number of imidazole rings is 1. The fraction of sp³-hybridized carbons (Fsp3) is 0.286. The predicted octanol–water partition coefficient (Wildman–Crippen LogP) is 4.71. The Balaban J connectivity index is 1.59. The topological polar surface area (TPSA) is 43.8 Å². The van der Waals surface area contributed by atoms with E-state index in [9.17, 15) is 0 Å². The summed E-state index contributed by atoms with van der Waals surface area (Å²) in [4.78, 5) is 4.17. The van der Waals surface area contributed by atoms with Gasteiger partial charge in [0.05, 0.1) is 6.33 Å². The van der Waals surface area contributed by atoms with Crippen molar-refractivity contribution in [3.05, 3.63) is 83.9 Å². The molecule has 0 saturated carbocycles. The Morgan fingerprint density at radius 3 is 2.44 bits per heavy atom. The van der Waals surface area contributed by atoms with Gasteiger partial charge in [-0.15, -0.1) is 0 Å². The van der Waals surface area contributed by atoms with Gasteiger partial charge in [0, 0.05) is 35.6 Å². The molecule has 0 aliphatic carbocycles. The van der Waals surface area contributed by atoms with Crippen molar-refractivity contribution in [2.45, 2.75) is 37.3 Å². The van der Waals surface area contributed by atoms with Crippen LogP contribution in [-0.2, 0) is 18.7 Å². The fourth-order valence-corrected chi connectivity index (χ4v) is 3.95. The Morgan fingerprint density at radius 2 is 1.76 bits per heavy atom. The van der Waals surface area contributed by atoms with Gasteiger partial charge >= 0.3 is 0 Å². The van der Waals surface area contributed by atoms with E-state index >= 15 is 0 Å². The lowest BCUT2D eigenvalue weighted by Crippen LogP contribution is -2.13. The van der Waals surface area contributed by atoms with E-state index in [-0.39, 0.29) is 0 Å². The molecule has 3 aromatic rings. The number of aryl methyl sites for hydroxylation is 2. The Bertz CT molecular complexity index is 699. The van der Waals surface area contributed by atoms with Crippen LogP contribution in [0.2, 0.25) is 0 Å². The molecular formula is C21H25N3S. The van der Waals surface area contributed by atoms with E-state index in [0.29, 0.717) is 5.25 Å². The third-order valence-electron chi connectivity index (χ3n) is 4.31. The molecule has 0 aliphatic heterocycles. The van der Waals surface area contributed by atoms with E-state index in [1.54, 1.807) is 0 Å². The Labute approximate surface area is 154 Å². The van der Waals surface area contributed by atoms with Crippen LogP contribution in [0.25, 0.3) is 0 Å². The van der Waals surface area contributed by atoms with Crippen molar-refractivity contribution >= 4 is 17.4 Å². The molecule has 3 nitrogen and oxygen atoms in total. The average molecular weight is 352 g/mol. The number of anilines is 1. The zero-order chi connectivity index (χ0) is 17.5. The van der Waals surface area contributed by atoms with Crippen molar-refractivity contribution in [2.24, 2.45) is 0 Å². The third kappa shape index (κ3) is 5.68. The molecule has 0 bridgehead atoms. The van der Waals surface area contributed by atoms with Gasteiger partial charge in [0.1, 0.15) is 0 Å². The Kier molecular flexibility index (Phi) is 6.18. The molecule has 2 aromatic carbocycles. The number of aromatic nitrogens is 2. The zero-order valence-electron chi connectivity index (χ0n) is 14.6. The molecule has 1 aromatic heterocycles. The molecule has 3 rings (SSSR count). The van der Waals surface area contributed by atoms with Crippen LogP contribution in [0.15, 0.2) is 67.3 Å². The third-order valence-corrected chi connectivity index (χ3v) is 5.67. The molecule has 0 amide bonds. The van der Waals surface area contributed by atoms with Gasteiger partial charge in [-0.25, -0.2) is 4.98 Å². The smallest absolute Gasteiger partial charge is 0.0946 e. The molecule has 1 atom stereocenters. The molecule has 0 fully saturated rings. The van der Waals surface area contributed by atoms with Gasteiger partial charge < -0.3 is 10.3 Å². The Morgan fingerprint density at radius 1 is 1.04 bits per heavy atom. The van der Waals surface area contributed by atoms with Gasteiger partial charge in [-0.05, 0) is 43.0 Å². The summed E-state index contributed by atoms with van der Waals surface area (Å²) in [6.45, 7) is 3.12. The van der Waals surface area contributed by atoms with Crippen LogP contribution in [0.3, 0.4) is 0 Å². The first-order valence-electron chi connectivity index (χ1n) is 8.66. The van der Waals surface area contributed by atoms with Crippen molar-refractivity contribution in [3.63, 3.8) is 0 Å². The molecule has 25 heavy (non-hydrogen) atoms. The van der Waals surface area contributed by atoms with E-state index in [1.165, 1.54) is 16.7 Å². The van der Waals surface area contributed by atoms with Gasteiger partial charge in [-0.2, -0.15) is 11.8 Å². The monoisotopic (exact) mass is 351 g/mol. The largest absolute Gasteiger partial charge is 0.399 e. The molecule has 4 heteroatoms. The van der Waals surface area contributed by atoms with Gasteiger partial charge in [0.2, 0.25) is 0 Å². The molecule has 1 unspecified atom stereocenters. The molecule has 0 radical (unpaired) electrons. The van der Waals surface area contributed by atoms with Gasteiger partial charge in [0.25, 0.3) is 0 Å². The lowest BCUT2D eigenvalue weighted by molar-refractivity contribution is 0.624. The Hall–Kier alpha value is -2.20. The minimum absolute atomic E-state index is 0.549. The van der Waals surface area contributed by atoms with Crippen molar-refractivity contribution in [3.8, 4) is 0 Å². The number of rotatable bonds is 8. The van der Waals surface area contributed by atoms with Crippen LogP contribution in [0.5, 0.6) is 0 Å². The second-order valence-corrected chi connectivity index (χ2v) is 7.75. The summed E-state index contributed by atoms with van der Waals surface area (Å²) >= 11 is 2.01. The average Bonchev–Trinajstić information content (AvgIpc) is 3.13. The SMILES string of the molecule is Cc1ccc(CCC(Cn2ccnc2)SCc2ccc(N)cc2)cc1. The van der Waals surface area contributed by atoms with Gasteiger partial charge in [0.15, 0.2) is 0 Å². The van der Waals surface area contributed by atoms with Crippen LogP contribution in [0, 0.1) is 6.92 Å². The van der Waals surface area contributed by atoms with Crippen LogP contribution in [-0.4, -0.2) is 14.8 Å². The lowest BCUT2D eigenvalue weighted by atomic mass is 10.1. The first-order chi connectivity index (χ1) is 12.2. The number of thioether (sulfide) groups is 1. The second-order valence-electron chi connectivity index (χ2n) is 6.46. The molecule has 0 aliphatic rings. The first kappa shape index (κ1) is 17.6. The molecule has 130 valence electrons. The van der Waals surface area contributed by atoms with E-state index in [1.807, 2.05) is 42.6 Å². The van der Waals surface area contributed by atoms with Crippen LogP contribution >= 0.6 is 11.8 Å². The van der Waals surface area contributed by atoms with E-state index in [4.69, 9.17) is 5.73 Å². The maximum absolute atomic E-state index is 5.78. The molecule has 0 saturated heterocycles. The summed E-state index contributed by atoms with van der Waals surface area (Å²) in [5, 5.41) is 0.549.